The van der Waals surface area contributed by atoms with Crippen LogP contribution in [0, 0.1) is 11.3 Å². The average Bonchev–Trinajstić information content (AvgIpc) is 2.63. The predicted octanol–water partition coefficient (Wildman–Crippen LogP) is 0.226. The van der Waals surface area contributed by atoms with E-state index in [-0.39, 0.29) is 11.1 Å². The number of piperazine rings is 1. The summed E-state index contributed by atoms with van der Waals surface area (Å²) in [6.07, 6.45) is 1.32. The van der Waals surface area contributed by atoms with Crippen molar-refractivity contribution in [2.24, 2.45) is 0 Å². The summed E-state index contributed by atoms with van der Waals surface area (Å²) in [6, 6.07) is 7.88. The van der Waals surface area contributed by atoms with E-state index in [2.05, 4.69) is 20.9 Å². The van der Waals surface area contributed by atoms with E-state index < -0.39 is 11.9 Å². The first-order chi connectivity index (χ1) is 12.1. The van der Waals surface area contributed by atoms with Gasteiger partial charge in [0.25, 0.3) is 5.91 Å². The Morgan fingerprint density at radius 2 is 1.96 bits per heavy atom. The number of carboxylic acids is 1. The third-order valence-electron chi connectivity index (χ3n) is 3.80. The van der Waals surface area contributed by atoms with Crippen LogP contribution in [-0.2, 0) is 4.79 Å². The number of anilines is 1. The lowest BCUT2D eigenvalue weighted by Gasteiger charge is -2.27. The van der Waals surface area contributed by atoms with Crippen molar-refractivity contribution in [2.75, 3.05) is 44.6 Å². The Kier molecular flexibility index (Phi) is 6.95. The number of hydrogen-bond acceptors (Lipinski definition) is 6. The molecular formula is C17H21N5O3. The van der Waals surface area contributed by atoms with E-state index in [9.17, 15) is 9.59 Å². The van der Waals surface area contributed by atoms with Gasteiger partial charge in [0.2, 0.25) is 0 Å². The predicted molar refractivity (Wildman–Crippen MR) is 93.0 cm³/mol. The second kappa shape index (κ2) is 9.42. The van der Waals surface area contributed by atoms with Crippen LogP contribution in [0.25, 0.3) is 0 Å². The fourth-order valence-electron chi connectivity index (χ4n) is 2.37. The van der Waals surface area contributed by atoms with Gasteiger partial charge in [-0.3, -0.25) is 9.69 Å². The fourth-order valence-corrected chi connectivity index (χ4v) is 2.37. The topological polar surface area (TPSA) is 117 Å². The van der Waals surface area contributed by atoms with Gasteiger partial charge in [-0.15, -0.1) is 0 Å². The van der Waals surface area contributed by atoms with E-state index in [1.165, 1.54) is 18.3 Å². The second-order valence-electron chi connectivity index (χ2n) is 5.54. The lowest BCUT2D eigenvalue weighted by Crippen LogP contribution is -2.46. The Labute approximate surface area is 146 Å². The molecule has 1 aliphatic heterocycles. The maximum Gasteiger partial charge on any atom is 0.335 e. The highest BCUT2D eigenvalue weighted by Gasteiger charge is 2.11. The minimum absolute atomic E-state index is 0.0392. The van der Waals surface area contributed by atoms with Crippen LogP contribution in [-0.4, -0.2) is 61.2 Å². The summed E-state index contributed by atoms with van der Waals surface area (Å²) >= 11 is 0. The summed E-state index contributed by atoms with van der Waals surface area (Å²) < 4.78 is 0. The molecular weight excluding hydrogens is 322 g/mol. The van der Waals surface area contributed by atoms with Crippen molar-refractivity contribution in [1.82, 2.24) is 15.5 Å². The van der Waals surface area contributed by atoms with Gasteiger partial charge in [0, 0.05) is 51.2 Å². The van der Waals surface area contributed by atoms with Crippen molar-refractivity contribution in [2.45, 2.75) is 0 Å². The van der Waals surface area contributed by atoms with Gasteiger partial charge < -0.3 is 21.1 Å². The molecule has 0 unspecified atom stereocenters. The first-order valence-electron chi connectivity index (χ1n) is 8.01. The largest absolute Gasteiger partial charge is 0.478 e. The Morgan fingerprint density at radius 1 is 1.28 bits per heavy atom. The number of hydrogen-bond donors (Lipinski definition) is 4. The highest BCUT2D eigenvalue weighted by atomic mass is 16.4. The Balaban J connectivity index is 1.82. The summed E-state index contributed by atoms with van der Waals surface area (Å²) in [7, 11) is 0. The molecule has 1 saturated heterocycles. The molecule has 1 fully saturated rings. The standard InChI is InChI=1S/C17H21N5O3/c18-11-14(12-21-15-3-1-13(2-4-15)17(24)25)16(23)20-7-10-22-8-5-19-6-9-22/h1-4,12,19,21H,5-10H2,(H,20,23)(H,24,25)/b14-12-. The normalized spacial score (nSPS) is 15.2. The number of carboxylic acid groups (broad SMARTS) is 1. The minimum Gasteiger partial charge on any atom is -0.478 e. The van der Waals surface area contributed by atoms with Gasteiger partial charge in [0.15, 0.2) is 0 Å². The van der Waals surface area contributed by atoms with E-state index in [1.54, 1.807) is 12.1 Å². The first-order valence-corrected chi connectivity index (χ1v) is 8.01. The fraction of sp³-hybridized carbons (Fsp3) is 0.353. The third kappa shape index (κ3) is 5.91. The summed E-state index contributed by atoms with van der Waals surface area (Å²) in [5, 5.41) is 26.8. The van der Waals surface area contributed by atoms with Crippen molar-refractivity contribution in [3.63, 3.8) is 0 Å². The van der Waals surface area contributed by atoms with Crippen molar-refractivity contribution in [3.05, 3.63) is 41.6 Å². The molecule has 0 bridgehead atoms. The molecule has 0 aliphatic carbocycles. The number of carbonyl (C=O) groups is 2. The highest BCUT2D eigenvalue weighted by Crippen LogP contribution is 2.10. The molecule has 1 heterocycles. The van der Waals surface area contributed by atoms with Crippen LogP contribution in [0.5, 0.6) is 0 Å². The van der Waals surface area contributed by atoms with Crippen molar-refractivity contribution < 1.29 is 14.7 Å². The molecule has 132 valence electrons. The molecule has 1 amide bonds. The van der Waals surface area contributed by atoms with Crippen LogP contribution in [0.15, 0.2) is 36.0 Å². The summed E-state index contributed by atoms with van der Waals surface area (Å²) in [5.74, 6) is -1.45. The molecule has 4 N–H and O–H groups in total. The maximum atomic E-state index is 12.0. The van der Waals surface area contributed by atoms with Crippen molar-refractivity contribution in [3.8, 4) is 6.07 Å². The Morgan fingerprint density at radius 3 is 2.56 bits per heavy atom. The van der Waals surface area contributed by atoms with E-state index in [0.29, 0.717) is 12.2 Å². The van der Waals surface area contributed by atoms with E-state index in [4.69, 9.17) is 10.4 Å². The molecule has 0 saturated carbocycles. The molecule has 0 aromatic heterocycles. The molecule has 1 aliphatic rings. The second-order valence-corrected chi connectivity index (χ2v) is 5.54. The molecule has 8 nitrogen and oxygen atoms in total. The number of nitriles is 1. The average molecular weight is 343 g/mol. The van der Waals surface area contributed by atoms with Gasteiger partial charge in [0.05, 0.1) is 5.56 Å². The smallest absolute Gasteiger partial charge is 0.335 e. The SMILES string of the molecule is N#C/C(=C/Nc1ccc(C(=O)O)cc1)C(=O)NCCN1CCNCC1. The molecule has 1 aromatic carbocycles. The van der Waals surface area contributed by atoms with Crippen LogP contribution >= 0.6 is 0 Å². The molecule has 0 spiro atoms. The number of carbonyl (C=O) groups excluding carboxylic acids is 1. The summed E-state index contributed by atoms with van der Waals surface area (Å²) in [4.78, 5) is 25.1. The molecule has 0 atom stereocenters. The van der Waals surface area contributed by atoms with E-state index in [1.807, 2.05) is 6.07 Å². The van der Waals surface area contributed by atoms with Crippen LogP contribution < -0.4 is 16.0 Å². The van der Waals surface area contributed by atoms with Crippen molar-refractivity contribution in [1.29, 1.82) is 5.26 Å². The number of nitrogens with zero attached hydrogens (tertiary/aromatic N) is 2. The van der Waals surface area contributed by atoms with Gasteiger partial charge in [-0.1, -0.05) is 0 Å². The molecule has 0 radical (unpaired) electrons. The zero-order valence-electron chi connectivity index (χ0n) is 13.8. The third-order valence-corrected chi connectivity index (χ3v) is 3.80. The van der Waals surface area contributed by atoms with E-state index in [0.717, 1.165) is 32.7 Å². The zero-order valence-corrected chi connectivity index (χ0v) is 13.8. The Bertz CT molecular complexity index is 673. The molecule has 1 aromatic rings. The molecule has 25 heavy (non-hydrogen) atoms. The first kappa shape index (κ1) is 18.4. The number of aromatic carboxylic acids is 1. The lowest BCUT2D eigenvalue weighted by atomic mass is 10.2. The minimum atomic E-state index is -1.01. The number of amides is 1. The molecule has 2 rings (SSSR count). The number of rotatable bonds is 7. The maximum absolute atomic E-state index is 12.0. The number of nitrogens with one attached hydrogen (secondary N) is 3. The summed E-state index contributed by atoms with van der Waals surface area (Å²) in [5.41, 5.74) is 0.717. The van der Waals surface area contributed by atoms with Gasteiger partial charge in [-0.25, -0.2) is 4.79 Å². The Hall–Kier alpha value is -2.89. The van der Waals surface area contributed by atoms with Crippen LogP contribution in [0.1, 0.15) is 10.4 Å². The molecule has 8 heteroatoms. The van der Waals surface area contributed by atoms with E-state index >= 15 is 0 Å². The zero-order chi connectivity index (χ0) is 18.1. The van der Waals surface area contributed by atoms with Gasteiger partial charge in [-0.2, -0.15) is 5.26 Å². The number of benzene rings is 1. The quantitative estimate of drug-likeness (QED) is 0.413. The lowest BCUT2D eigenvalue weighted by molar-refractivity contribution is -0.117. The monoisotopic (exact) mass is 343 g/mol. The van der Waals surface area contributed by atoms with Gasteiger partial charge in [-0.05, 0) is 24.3 Å². The van der Waals surface area contributed by atoms with Gasteiger partial charge in [0.1, 0.15) is 11.6 Å². The van der Waals surface area contributed by atoms with Crippen LogP contribution in [0.3, 0.4) is 0 Å². The summed E-state index contributed by atoms with van der Waals surface area (Å²) in [6.45, 7) is 5.01. The van der Waals surface area contributed by atoms with Crippen LogP contribution in [0.2, 0.25) is 0 Å². The van der Waals surface area contributed by atoms with Crippen LogP contribution in [0.4, 0.5) is 5.69 Å². The highest BCUT2D eigenvalue weighted by molar-refractivity contribution is 5.97. The van der Waals surface area contributed by atoms with Crippen molar-refractivity contribution >= 4 is 17.6 Å². The van der Waals surface area contributed by atoms with Gasteiger partial charge >= 0.3 is 5.97 Å².